The fourth-order valence-corrected chi connectivity index (χ4v) is 4.10. The molecule has 1 saturated heterocycles. The molecule has 0 bridgehead atoms. The maximum atomic E-state index is 13.0. The molecule has 0 saturated carbocycles. The van der Waals surface area contributed by atoms with E-state index < -0.39 is 0 Å². The van der Waals surface area contributed by atoms with E-state index in [9.17, 15) is 4.79 Å². The predicted octanol–water partition coefficient (Wildman–Crippen LogP) is 5.39. The van der Waals surface area contributed by atoms with Gasteiger partial charge in [-0.25, -0.2) is 4.99 Å². The Morgan fingerprint density at radius 2 is 1.90 bits per heavy atom. The van der Waals surface area contributed by atoms with Gasteiger partial charge in [0.2, 0.25) is 0 Å². The van der Waals surface area contributed by atoms with Crippen molar-refractivity contribution in [2.75, 3.05) is 27.4 Å². The maximum Gasteiger partial charge on any atom is 0.266 e. The van der Waals surface area contributed by atoms with Gasteiger partial charge in [0.25, 0.3) is 5.91 Å². The zero-order chi connectivity index (χ0) is 22.4. The highest BCUT2D eigenvalue weighted by molar-refractivity contribution is 8.18. The van der Waals surface area contributed by atoms with E-state index in [-0.39, 0.29) is 12.0 Å². The van der Waals surface area contributed by atoms with Crippen LogP contribution in [0.5, 0.6) is 11.5 Å². The highest BCUT2D eigenvalue weighted by atomic mass is 35.5. The minimum atomic E-state index is -0.118. The van der Waals surface area contributed by atoms with Crippen LogP contribution in [0, 0.1) is 0 Å². The number of amides is 1. The van der Waals surface area contributed by atoms with Crippen LogP contribution in [0.25, 0.3) is 6.08 Å². The Balaban J connectivity index is 1.88. The van der Waals surface area contributed by atoms with Crippen LogP contribution < -0.4 is 9.47 Å². The SMILES string of the molecule is COCCN1C(=O)/C(=C/c2ccc(OC(C)C)c(Cl)c2)SC1=Nc1ccc(OC)cc1. The van der Waals surface area contributed by atoms with E-state index >= 15 is 0 Å². The predicted molar refractivity (Wildman–Crippen MR) is 126 cm³/mol. The van der Waals surface area contributed by atoms with E-state index in [1.54, 1.807) is 25.2 Å². The Morgan fingerprint density at radius 1 is 1.16 bits per heavy atom. The lowest BCUT2D eigenvalue weighted by Gasteiger charge is -2.14. The number of nitrogens with zero attached hydrogens (tertiary/aromatic N) is 2. The molecule has 0 radical (unpaired) electrons. The van der Waals surface area contributed by atoms with Crippen molar-refractivity contribution in [2.24, 2.45) is 4.99 Å². The number of benzene rings is 2. The molecule has 1 fully saturated rings. The lowest BCUT2D eigenvalue weighted by molar-refractivity contribution is -0.122. The summed E-state index contributed by atoms with van der Waals surface area (Å²) >= 11 is 7.67. The highest BCUT2D eigenvalue weighted by Gasteiger charge is 2.33. The van der Waals surface area contributed by atoms with E-state index in [2.05, 4.69) is 4.99 Å². The lowest BCUT2D eigenvalue weighted by Crippen LogP contribution is -2.32. The van der Waals surface area contributed by atoms with E-state index in [4.69, 9.17) is 25.8 Å². The summed E-state index contributed by atoms with van der Waals surface area (Å²) in [5.74, 6) is 1.25. The van der Waals surface area contributed by atoms with Crippen LogP contribution in [0.3, 0.4) is 0 Å². The van der Waals surface area contributed by atoms with Gasteiger partial charge in [-0.1, -0.05) is 17.7 Å². The van der Waals surface area contributed by atoms with Crippen molar-refractivity contribution >= 4 is 46.2 Å². The Hall–Kier alpha value is -2.48. The molecule has 2 aromatic rings. The zero-order valence-electron chi connectivity index (χ0n) is 17.9. The number of carbonyl (C=O) groups excluding carboxylic acids is 1. The molecule has 1 aliphatic heterocycles. The fourth-order valence-electron chi connectivity index (χ4n) is 2.85. The van der Waals surface area contributed by atoms with E-state index in [0.29, 0.717) is 34.0 Å². The third-order valence-electron chi connectivity index (χ3n) is 4.32. The van der Waals surface area contributed by atoms with Crippen molar-refractivity contribution in [3.05, 3.63) is 58.0 Å². The Kier molecular flexibility index (Phi) is 8.01. The van der Waals surface area contributed by atoms with Gasteiger partial charge >= 0.3 is 0 Å². The number of methoxy groups -OCH3 is 2. The van der Waals surface area contributed by atoms with Crippen LogP contribution in [0.15, 0.2) is 52.4 Å². The summed E-state index contributed by atoms with van der Waals surface area (Å²) in [6.45, 7) is 4.71. The first kappa shape index (κ1) is 23.2. The summed E-state index contributed by atoms with van der Waals surface area (Å²) in [5, 5.41) is 1.10. The first-order chi connectivity index (χ1) is 14.9. The summed E-state index contributed by atoms with van der Waals surface area (Å²) in [4.78, 5) is 19.9. The fraction of sp³-hybridized carbons (Fsp3) is 0.304. The zero-order valence-corrected chi connectivity index (χ0v) is 19.5. The van der Waals surface area contributed by atoms with Crippen LogP contribution in [-0.4, -0.2) is 49.4 Å². The van der Waals surface area contributed by atoms with Gasteiger partial charge in [-0.3, -0.25) is 9.69 Å². The first-order valence-corrected chi connectivity index (χ1v) is 11.0. The van der Waals surface area contributed by atoms with Gasteiger partial charge < -0.3 is 14.2 Å². The van der Waals surface area contributed by atoms with Gasteiger partial charge in [0, 0.05) is 7.11 Å². The molecule has 0 spiro atoms. The number of ether oxygens (including phenoxy) is 3. The molecule has 0 unspecified atom stereocenters. The minimum absolute atomic E-state index is 0.0275. The van der Waals surface area contributed by atoms with Crippen molar-refractivity contribution < 1.29 is 19.0 Å². The average molecular weight is 461 g/mol. The lowest BCUT2D eigenvalue weighted by atomic mass is 10.2. The number of hydrogen-bond donors (Lipinski definition) is 0. The Morgan fingerprint density at radius 3 is 2.52 bits per heavy atom. The highest BCUT2D eigenvalue weighted by Crippen LogP contribution is 2.35. The molecular formula is C23H25ClN2O4S. The van der Waals surface area contributed by atoms with Gasteiger partial charge in [-0.05, 0) is 73.6 Å². The molecule has 1 heterocycles. The number of hydrogen-bond acceptors (Lipinski definition) is 6. The number of aliphatic imine (C=N–C) groups is 1. The van der Waals surface area contributed by atoms with Crippen LogP contribution in [0.4, 0.5) is 5.69 Å². The topological polar surface area (TPSA) is 60.4 Å². The molecule has 8 heteroatoms. The van der Waals surface area contributed by atoms with Crippen LogP contribution in [0.1, 0.15) is 19.4 Å². The molecular weight excluding hydrogens is 436 g/mol. The summed E-state index contributed by atoms with van der Waals surface area (Å²) in [7, 11) is 3.22. The summed E-state index contributed by atoms with van der Waals surface area (Å²) in [6, 6.07) is 12.8. The number of thioether (sulfide) groups is 1. The van der Waals surface area contributed by atoms with Gasteiger partial charge in [0.15, 0.2) is 5.17 Å². The van der Waals surface area contributed by atoms with Gasteiger partial charge in [0.1, 0.15) is 11.5 Å². The minimum Gasteiger partial charge on any atom is -0.497 e. The Bertz CT molecular complexity index is 990. The van der Waals surface area contributed by atoms with Crippen molar-refractivity contribution in [2.45, 2.75) is 20.0 Å². The summed E-state index contributed by atoms with van der Waals surface area (Å²) in [6.07, 6.45) is 1.84. The monoisotopic (exact) mass is 460 g/mol. The second-order valence-electron chi connectivity index (χ2n) is 7.01. The molecule has 6 nitrogen and oxygen atoms in total. The van der Waals surface area contributed by atoms with E-state index in [1.807, 2.05) is 56.3 Å². The van der Waals surface area contributed by atoms with Gasteiger partial charge in [-0.15, -0.1) is 0 Å². The number of halogens is 1. The number of rotatable bonds is 8. The third kappa shape index (κ3) is 6.03. The maximum absolute atomic E-state index is 13.0. The normalized spacial score (nSPS) is 16.6. The molecule has 1 amide bonds. The molecule has 3 rings (SSSR count). The quantitative estimate of drug-likeness (QED) is 0.494. The largest absolute Gasteiger partial charge is 0.497 e. The molecule has 164 valence electrons. The molecule has 0 aromatic heterocycles. The molecule has 0 atom stereocenters. The molecule has 0 N–H and O–H groups in total. The van der Waals surface area contributed by atoms with Crippen LogP contribution in [0.2, 0.25) is 5.02 Å². The molecule has 1 aliphatic rings. The van der Waals surface area contributed by atoms with E-state index in [1.165, 1.54) is 11.8 Å². The van der Waals surface area contributed by atoms with Crippen molar-refractivity contribution in [1.29, 1.82) is 0 Å². The van der Waals surface area contributed by atoms with Crippen LogP contribution in [-0.2, 0) is 9.53 Å². The van der Waals surface area contributed by atoms with Crippen molar-refractivity contribution in [1.82, 2.24) is 4.90 Å². The van der Waals surface area contributed by atoms with E-state index in [0.717, 1.165) is 17.0 Å². The van der Waals surface area contributed by atoms with Crippen molar-refractivity contribution in [3.8, 4) is 11.5 Å². The summed E-state index contributed by atoms with van der Waals surface area (Å²) < 4.78 is 16.0. The number of amidine groups is 1. The number of carbonyl (C=O) groups is 1. The smallest absolute Gasteiger partial charge is 0.266 e. The second kappa shape index (κ2) is 10.7. The first-order valence-electron chi connectivity index (χ1n) is 9.80. The standard InChI is InChI=1S/C23H25ClN2O4S/c1-15(2)30-20-10-5-16(13-19(20)24)14-21-22(27)26(11-12-28-3)23(31-21)25-17-6-8-18(29-4)9-7-17/h5-10,13-15H,11-12H2,1-4H3/b21-14-,25-23?. The molecule has 31 heavy (non-hydrogen) atoms. The van der Waals surface area contributed by atoms with Crippen molar-refractivity contribution in [3.63, 3.8) is 0 Å². The second-order valence-corrected chi connectivity index (χ2v) is 8.43. The molecule has 2 aromatic carbocycles. The third-order valence-corrected chi connectivity index (χ3v) is 5.62. The average Bonchev–Trinajstić information content (AvgIpc) is 3.03. The summed E-state index contributed by atoms with van der Waals surface area (Å²) in [5.41, 5.74) is 1.55. The molecule has 0 aliphatic carbocycles. The Labute approximate surface area is 191 Å². The van der Waals surface area contributed by atoms with Gasteiger partial charge in [-0.2, -0.15) is 0 Å². The van der Waals surface area contributed by atoms with Crippen LogP contribution >= 0.6 is 23.4 Å². The van der Waals surface area contributed by atoms with Gasteiger partial charge in [0.05, 0.1) is 42.0 Å².